The number of hydrogen-bond donors (Lipinski definition) is 1. The molecule has 1 aromatic heterocycles. The average Bonchev–Trinajstić information content (AvgIpc) is 3.34. The Morgan fingerprint density at radius 1 is 0.914 bits per heavy atom. The molecule has 0 amide bonds. The van der Waals surface area contributed by atoms with Crippen molar-refractivity contribution in [1.29, 1.82) is 0 Å². The number of anilines is 1. The molecule has 0 aliphatic carbocycles. The highest BCUT2D eigenvalue weighted by atomic mass is 32.2. The Morgan fingerprint density at radius 2 is 1.69 bits per heavy atom. The quantitative estimate of drug-likeness (QED) is 0.371. The number of methoxy groups -OCH3 is 2. The smallest absolute Gasteiger partial charge is 0.227 e. The van der Waals surface area contributed by atoms with Crippen LogP contribution in [0.15, 0.2) is 83.5 Å². The number of ether oxygens (including phenoxy) is 3. The summed E-state index contributed by atoms with van der Waals surface area (Å²) in [6, 6.07) is 24.1. The van der Waals surface area contributed by atoms with Crippen LogP contribution < -0.4 is 19.5 Å². The van der Waals surface area contributed by atoms with Crippen LogP contribution in [0.3, 0.4) is 0 Å². The van der Waals surface area contributed by atoms with Crippen LogP contribution in [-0.2, 0) is 0 Å². The largest absolute Gasteiger partial charge is 0.493 e. The average molecular weight is 485 g/mol. The first-order valence-electron chi connectivity index (χ1n) is 11.3. The van der Waals surface area contributed by atoms with Crippen LogP contribution in [0.1, 0.15) is 28.8 Å². The fourth-order valence-electron chi connectivity index (χ4n) is 4.79. The Bertz CT molecular complexity index is 1430. The predicted octanol–water partition coefficient (Wildman–Crippen LogP) is 5.58. The summed E-state index contributed by atoms with van der Waals surface area (Å²) in [7, 11) is 3.29. The van der Waals surface area contributed by atoms with Gasteiger partial charge in [0, 0.05) is 11.1 Å². The highest BCUT2D eigenvalue weighted by molar-refractivity contribution is 7.98. The molecule has 0 unspecified atom stereocenters. The van der Waals surface area contributed by atoms with E-state index in [0.717, 1.165) is 33.7 Å². The molecule has 176 valence electrons. The number of fused-ring (bicyclic) bond motifs is 3. The zero-order valence-corrected chi connectivity index (χ0v) is 20.4. The van der Waals surface area contributed by atoms with Crippen LogP contribution in [0.25, 0.3) is 5.70 Å². The van der Waals surface area contributed by atoms with E-state index in [-0.39, 0.29) is 12.1 Å². The summed E-state index contributed by atoms with van der Waals surface area (Å²) < 4.78 is 19.8. The normalized spacial score (nSPS) is 18.0. The molecule has 0 saturated heterocycles. The molecule has 0 saturated carbocycles. The predicted molar refractivity (Wildman–Crippen MR) is 136 cm³/mol. The van der Waals surface area contributed by atoms with Crippen molar-refractivity contribution in [3.63, 3.8) is 0 Å². The first-order chi connectivity index (χ1) is 17.2. The first-order valence-corrected chi connectivity index (χ1v) is 12.5. The van der Waals surface area contributed by atoms with E-state index < -0.39 is 0 Å². The van der Waals surface area contributed by atoms with Crippen LogP contribution in [0.2, 0.25) is 0 Å². The van der Waals surface area contributed by atoms with Gasteiger partial charge >= 0.3 is 0 Å². The number of hydrogen-bond acceptors (Lipinski definition) is 7. The van der Waals surface area contributed by atoms with E-state index in [1.54, 1.807) is 14.2 Å². The Morgan fingerprint density at radius 3 is 2.46 bits per heavy atom. The lowest BCUT2D eigenvalue weighted by Crippen LogP contribution is -2.32. The second kappa shape index (κ2) is 8.70. The Labute approximate surface area is 207 Å². The van der Waals surface area contributed by atoms with Gasteiger partial charge in [-0.3, -0.25) is 0 Å². The topological polar surface area (TPSA) is 70.4 Å². The first kappa shape index (κ1) is 21.6. The van der Waals surface area contributed by atoms with E-state index in [1.807, 2.05) is 59.5 Å². The van der Waals surface area contributed by atoms with E-state index in [1.165, 1.54) is 11.8 Å². The Kier molecular flexibility index (Phi) is 5.37. The van der Waals surface area contributed by atoms with Crippen molar-refractivity contribution in [3.8, 4) is 17.2 Å². The molecule has 8 heteroatoms. The van der Waals surface area contributed by atoms with Gasteiger partial charge < -0.3 is 19.5 Å². The Hall–Kier alpha value is -3.91. The molecule has 7 nitrogen and oxygen atoms in total. The monoisotopic (exact) mass is 484 g/mol. The lowest BCUT2D eigenvalue weighted by atomic mass is 9.84. The van der Waals surface area contributed by atoms with Crippen molar-refractivity contribution in [2.75, 3.05) is 25.8 Å². The minimum Gasteiger partial charge on any atom is -0.493 e. The molecule has 0 spiro atoms. The van der Waals surface area contributed by atoms with Crippen molar-refractivity contribution in [2.24, 2.45) is 0 Å². The highest BCUT2D eigenvalue weighted by Crippen LogP contribution is 2.51. The molecule has 35 heavy (non-hydrogen) atoms. The van der Waals surface area contributed by atoms with Crippen molar-refractivity contribution >= 4 is 23.4 Å². The molecule has 2 atom stereocenters. The lowest BCUT2D eigenvalue weighted by Gasteiger charge is -2.39. The van der Waals surface area contributed by atoms with E-state index in [4.69, 9.17) is 24.3 Å². The standard InChI is InChI=1S/C27H24N4O3S/c1-32-20-14-13-17(15-21(20)33-2)24-22-23(28-26-29-27(35-3)30-31(24)26)18-11-7-8-12-19(18)34-25(22)16-9-5-4-6-10-16/h4-15,24-25H,1-3H3,(H,28,29,30)/t24-,25+/m1/s1. The number of nitrogens with one attached hydrogen (secondary N) is 1. The van der Waals surface area contributed by atoms with Crippen LogP contribution >= 0.6 is 11.8 Å². The second-order valence-corrected chi connectivity index (χ2v) is 9.02. The maximum absolute atomic E-state index is 6.67. The molecular weight excluding hydrogens is 460 g/mol. The maximum atomic E-state index is 6.67. The third-order valence-corrected chi connectivity index (χ3v) is 6.91. The van der Waals surface area contributed by atoms with Crippen molar-refractivity contribution in [2.45, 2.75) is 17.3 Å². The van der Waals surface area contributed by atoms with Gasteiger partial charge in [0.2, 0.25) is 11.1 Å². The van der Waals surface area contributed by atoms with Crippen molar-refractivity contribution in [3.05, 3.63) is 95.1 Å². The molecule has 3 aromatic carbocycles. The molecule has 2 aliphatic rings. The van der Waals surface area contributed by atoms with Gasteiger partial charge in [-0.1, -0.05) is 60.3 Å². The zero-order valence-electron chi connectivity index (χ0n) is 19.6. The van der Waals surface area contributed by atoms with Crippen molar-refractivity contribution in [1.82, 2.24) is 14.8 Å². The van der Waals surface area contributed by atoms with Gasteiger partial charge in [0.25, 0.3) is 0 Å². The van der Waals surface area contributed by atoms with E-state index >= 15 is 0 Å². The van der Waals surface area contributed by atoms with Crippen LogP contribution in [0, 0.1) is 0 Å². The molecule has 1 N–H and O–H groups in total. The van der Waals surface area contributed by atoms with Gasteiger partial charge in [-0.2, -0.15) is 4.98 Å². The fraction of sp³-hybridized carbons (Fsp3) is 0.185. The van der Waals surface area contributed by atoms with Gasteiger partial charge in [0.15, 0.2) is 11.5 Å². The van der Waals surface area contributed by atoms with Gasteiger partial charge in [-0.15, -0.1) is 5.10 Å². The SMILES string of the molecule is COc1ccc([C@@H]2C3=C(Nc4nc(SC)nn42)c2ccccc2O[C@H]3c2ccccc2)cc1OC. The van der Waals surface area contributed by atoms with Gasteiger partial charge in [0.1, 0.15) is 17.9 Å². The fourth-order valence-corrected chi connectivity index (χ4v) is 5.14. The second-order valence-electron chi connectivity index (χ2n) is 8.24. The van der Waals surface area contributed by atoms with E-state index in [2.05, 4.69) is 29.6 Å². The van der Waals surface area contributed by atoms with Gasteiger partial charge in [-0.25, -0.2) is 4.68 Å². The molecule has 3 heterocycles. The Balaban J connectivity index is 1.63. The molecule has 0 radical (unpaired) electrons. The minimum atomic E-state index is -0.318. The molecule has 2 aliphatic heterocycles. The van der Waals surface area contributed by atoms with E-state index in [9.17, 15) is 0 Å². The molecule has 6 rings (SSSR count). The van der Waals surface area contributed by atoms with Gasteiger partial charge in [0.05, 0.1) is 19.9 Å². The number of nitrogens with zero attached hydrogens (tertiary/aromatic N) is 3. The third kappa shape index (κ3) is 3.52. The molecule has 4 aromatic rings. The lowest BCUT2D eigenvalue weighted by molar-refractivity contribution is 0.223. The van der Waals surface area contributed by atoms with Crippen LogP contribution in [0.4, 0.5) is 5.95 Å². The summed E-state index contributed by atoms with van der Waals surface area (Å²) in [5.41, 5.74) is 5.12. The number of aromatic nitrogens is 3. The van der Waals surface area contributed by atoms with Gasteiger partial charge in [-0.05, 0) is 41.6 Å². The number of rotatable bonds is 5. The zero-order chi connectivity index (χ0) is 23.9. The summed E-state index contributed by atoms with van der Waals surface area (Å²) >= 11 is 1.51. The number of thioether (sulfide) groups is 1. The summed E-state index contributed by atoms with van der Waals surface area (Å²) in [6.45, 7) is 0. The summed E-state index contributed by atoms with van der Waals surface area (Å²) in [5, 5.41) is 9.12. The summed E-state index contributed by atoms with van der Waals surface area (Å²) in [4.78, 5) is 4.76. The minimum absolute atomic E-state index is 0.270. The highest BCUT2D eigenvalue weighted by Gasteiger charge is 2.41. The maximum Gasteiger partial charge on any atom is 0.227 e. The number of para-hydroxylation sites is 1. The van der Waals surface area contributed by atoms with Crippen LogP contribution in [-0.4, -0.2) is 35.2 Å². The third-order valence-electron chi connectivity index (χ3n) is 6.37. The van der Waals surface area contributed by atoms with Crippen molar-refractivity contribution < 1.29 is 14.2 Å². The summed E-state index contributed by atoms with van der Waals surface area (Å²) in [5.74, 6) is 2.85. The number of benzene rings is 3. The molecule has 0 bridgehead atoms. The van der Waals surface area contributed by atoms with E-state index in [0.29, 0.717) is 22.6 Å². The van der Waals surface area contributed by atoms with Crippen LogP contribution in [0.5, 0.6) is 17.2 Å². The molecule has 0 fully saturated rings. The molecular formula is C27H24N4O3S. The summed E-state index contributed by atoms with van der Waals surface area (Å²) in [6.07, 6.45) is 1.66.